The van der Waals surface area contributed by atoms with Gasteiger partial charge in [0.15, 0.2) is 0 Å². The summed E-state index contributed by atoms with van der Waals surface area (Å²) in [7, 11) is 1.77. The van der Waals surface area contributed by atoms with Crippen LogP contribution in [0.15, 0.2) is 54.6 Å². The van der Waals surface area contributed by atoms with Crippen LogP contribution in [0.4, 0.5) is 0 Å². The average Bonchev–Trinajstić information content (AvgIpc) is 3.33. The van der Waals surface area contributed by atoms with Crippen molar-refractivity contribution in [3.63, 3.8) is 0 Å². The molecule has 1 saturated carbocycles. The van der Waals surface area contributed by atoms with Crippen molar-refractivity contribution in [1.82, 2.24) is 9.80 Å². The van der Waals surface area contributed by atoms with Gasteiger partial charge >= 0.3 is 5.97 Å². The lowest BCUT2D eigenvalue weighted by Gasteiger charge is -2.35. The minimum Gasteiger partial charge on any atom is -0.496 e. The van der Waals surface area contributed by atoms with Crippen molar-refractivity contribution in [3.8, 4) is 5.75 Å². The molecule has 0 radical (unpaired) electrons. The monoisotopic (exact) mass is 490 g/mol. The predicted octanol–water partition coefficient (Wildman–Crippen LogP) is 5.62. The van der Waals surface area contributed by atoms with Crippen LogP contribution in [0, 0.1) is 11.8 Å². The molecule has 1 N–H and O–H groups in total. The van der Waals surface area contributed by atoms with Crippen LogP contribution in [-0.4, -0.2) is 66.8 Å². The highest BCUT2D eigenvalue weighted by Gasteiger charge is 2.43. The number of likely N-dealkylation sites (tertiary alicyclic amines) is 2. The summed E-state index contributed by atoms with van der Waals surface area (Å²) in [5, 5.41) is 10.3. The molecule has 0 bridgehead atoms. The van der Waals surface area contributed by atoms with Crippen LogP contribution in [0.1, 0.15) is 67.9 Å². The zero-order chi connectivity index (χ0) is 24.9. The molecule has 2 heterocycles. The Morgan fingerprint density at radius 1 is 0.944 bits per heavy atom. The molecule has 0 unspecified atom stereocenters. The van der Waals surface area contributed by atoms with Crippen LogP contribution in [0.3, 0.4) is 0 Å². The minimum atomic E-state index is -0.619. The topological polar surface area (TPSA) is 53.0 Å². The molecule has 0 aromatic heterocycles. The molecule has 2 saturated heterocycles. The Bertz CT molecular complexity index is 982. The molecule has 0 amide bonds. The van der Waals surface area contributed by atoms with Crippen molar-refractivity contribution in [1.29, 1.82) is 0 Å². The summed E-state index contributed by atoms with van der Waals surface area (Å²) in [4.78, 5) is 17.5. The molecule has 2 aromatic carbocycles. The van der Waals surface area contributed by atoms with Gasteiger partial charge < -0.3 is 14.7 Å². The molecular weight excluding hydrogens is 448 g/mol. The zero-order valence-corrected chi connectivity index (χ0v) is 21.7. The number of aliphatic carboxylic acids is 1. The maximum atomic E-state index is 12.5. The number of nitrogens with zero attached hydrogens (tertiary/aromatic N) is 2. The highest BCUT2D eigenvalue weighted by molar-refractivity contribution is 5.74. The van der Waals surface area contributed by atoms with Gasteiger partial charge in [-0.1, -0.05) is 67.8 Å². The summed E-state index contributed by atoms with van der Waals surface area (Å²) >= 11 is 0. The van der Waals surface area contributed by atoms with E-state index in [-0.39, 0.29) is 6.04 Å². The van der Waals surface area contributed by atoms with Crippen LogP contribution in [0.5, 0.6) is 5.75 Å². The van der Waals surface area contributed by atoms with Crippen LogP contribution in [0.2, 0.25) is 0 Å². The molecule has 2 aromatic rings. The molecule has 5 nitrogen and oxygen atoms in total. The van der Waals surface area contributed by atoms with Crippen LogP contribution in [0.25, 0.3) is 0 Å². The Hall–Kier alpha value is -2.37. The van der Waals surface area contributed by atoms with E-state index in [9.17, 15) is 9.90 Å². The van der Waals surface area contributed by atoms with E-state index in [1.54, 1.807) is 7.11 Å². The van der Waals surface area contributed by atoms with Gasteiger partial charge in [-0.3, -0.25) is 9.69 Å². The lowest BCUT2D eigenvalue weighted by molar-refractivity contribution is -0.145. The van der Waals surface area contributed by atoms with Crippen LogP contribution >= 0.6 is 0 Å². The maximum Gasteiger partial charge on any atom is 0.321 e. The first-order valence-electron chi connectivity index (χ1n) is 14.0. The third-order valence-electron chi connectivity index (χ3n) is 9.10. The third-order valence-corrected chi connectivity index (χ3v) is 9.10. The summed E-state index contributed by atoms with van der Waals surface area (Å²) in [5.41, 5.74) is 2.70. The molecular formula is C31H42N2O3. The van der Waals surface area contributed by atoms with Gasteiger partial charge in [-0.05, 0) is 73.7 Å². The number of carboxylic acids is 1. The van der Waals surface area contributed by atoms with E-state index >= 15 is 0 Å². The van der Waals surface area contributed by atoms with Crippen LogP contribution in [-0.2, 0) is 4.79 Å². The normalized spacial score (nSPS) is 25.6. The van der Waals surface area contributed by atoms with Gasteiger partial charge in [0.25, 0.3) is 0 Å². The average molecular weight is 491 g/mol. The summed E-state index contributed by atoms with van der Waals surface area (Å²) in [6.45, 7) is 4.97. The van der Waals surface area contributed by atoms with E-state index in [0.29, 0.717) is 23.7 Å². The predicted molar refractivity (Wildman–Crippen MR) is 144 cm³/mol. The number of piperidine rings is 1. The van der Waals surface area contributed by atoms with E-state index in [4.69, 9.17) is 4.74 Å². The molecule has 2 aliphatic heterocycles. The Morgan fingerprint density at radius 2 is 1.64 bits per heavy atom. The highest BCUT2D eigenvalue weighted by Crippen LogP contribution is 2.39. The van der Waals surface area contributed by atoms with E-state index in [2.05, 4.69) is 58.3 Å². The molecule has 194 valence electrons. The second-order valence-electron chi connectivity index (χ2n) is 11.2. The third kappa shape index (κ3) is 5.63. The summed E-state index contributed by atoms with van der Waals surface area (Å²) in [6, 6.07) is 18.9. The van der Waals surface area contributed by atoms with Crippen molar-refractivity contribution < 1.29 is 14.6 Å². The first kappa shape index (κ1) is 25.3. The SMILES string of the molecule is COc1ccccc1C1CCN(C[C@H]2CN([C@@H](C(=O)O)C3CCCCC3)C[C@@H]2c2ccccc2)CC1. The van der Waals surface area contributed by atoms with Crippen molar-refractivity contribution in [2.45, 2.75) is 62.8 Å². The lowest BCUT2D eigenvalue weighted by Crippen LogP contribution is -2.46. The van der Waals surface area contributed by atoms with Gasteiger partial charge in [-0.15, -0.1) is 0 Å². The number of para-hydroxylation sites is 1. The minimum absolute atomic E-state index is 0.294. The van der Waals surface area contributed by atoms with Crippen molar-refractivity contribution in [3.05, 3.63) is 65.7 Å². The van der Waals surface area contributed by atoms with Crippen LogP contribution < -0.4 is 4.74 Å². The number of carboxylic acid groups (broad SMARTS) is 1. The van der Waals surface area contributed by atoms with Gasteiger partial charge in [0, 0.05) is 25.6 Å². The second kappa shape index (κ2) is 11.8. The summed E-state index contributed by atoms with van der Waals surface area (Å²) < 4.78 is 5.63. The molecule has 1 aliphatic carbocycles. The number of rotatable bonds is 8. The Balaban J connectivity index is 1.28. The standard InChI is InChI=1S/C31H42N2O3/c1-36-29-15-9-8-14-27(29)24-16-18-32(19-17-24)20-26-21-33(22-28(26)23-10-4-2-5-11-23)30(31(34)35)25-12-6-3-7-13-25/h2,4-5,8-11,14-15,24-26,28,30H,3,6-7,12-13,16-22H2,1H3,(H,34,35)/t26-,28+,30+/m0/s1. The number of methoxy groups -OCH3 is 1. The van der Waals surface area contributed by atoms with Crippen molar-refractivity contribution in [2.24, 2.45) is 11.8 Å². The molecule has 5 rings (SSSR count). The Morgan fingerprint density at radius 3 is 2.33 bits per heavy atom. The Labute approximate surface area is 216 Å². The molecule has 5 heteroatoms. The first-order chi connectivity index (χ1) is 17.6. The fourth-order valence-corrected chi connectivity index (χ4v) is 7.26. The van der Waals surface area contributed by atoms with E-state index in [1.165, 1.54) is 30.4 Å². The fraction of sp³-hybridized carbons (Fsp3) is 0.581. The smallest absolute Gasteiger partial charge is 0.321 e. The molecule has 3 aliphatic rings. The molecule has 36 heavy (non-hydrogen) atoms. The van der Waals surface area contributed by atoms with E-state index in [1.807, 2.05) is 6.07 Å². The lowest BCUT2D eigenvalue weighted by atomic mass is 9.83. The van der Waals surface area contributed by atoms with Crippen molar-refractivity contribution in [2.75, 3.05) is 39.8 Å². The van der Waals surface area contributed by atoms with Crippen molar-refractivity contribution >= 4 is 5.97 Å². The molecule has 3 atom stereocenters. The van der Waals surface area contributed by atoms with E-state index < -0.39 is 5.97 Å². The Kier molecular flexibility index (Phi) is 8.28. The van der Waals surface area contributed by atoms with Gasteiger partial charge in [0.2, 0.25) is 0 Å². The number of hydrogen-bond donors (Lipinski definition) is 1. The number of ether oxygens (including phenoxy) is 1. The first-order valence-corrected chi connectivity index (χ1v) is 14.0. The fourth-order valence-electron chi connectivity index (χ4n) is 7.26. The quantitative estimate of drug-likeness (QED) is 0.520. The number of carbonyl (C=O) groups is 1. The summed E-state index contributed by atoms with van der Waals surface area (Å²) in [6.07, 6.45) is 8.02. The second-order valence-corrected chi connectivity index (χ2v) is 11.2. The van der Waals surface area contributed by atoms with E-state index in [0.717, 1.165) is 64.2 Å². The highest BCUT2D eigenvalue weighted by atomic mass is 16.5. The molecule has 0 spiro atoms. The van der Waals surface area contributed by atoms with Gasteiger partial charge in [0.05, 0.1) is 7.11 Å². The number of hydrogen-bond acceptors (Lipinski definition) is 4. The van der Waals surface area contributed by atoms with Gasteiger partial charge in [-0.25, -0.2) is 0 Å². The maximum absolute atomic E-state index is 12.5. The van der Waals surface area contributed by atoms with Gasteiger partial charge in [-0.2, -0.15) is 0 Å². The largest absolute Gasteiger partial charge is 0.496 e. The van der Waals surface area contributed by atoms with Gasteiger partial charge in [0.1, 0.15) is 11.8 Å². The summed E-state index contributed by atoms with van der Waals surface area (Å²) in [5.74, 6) is 2.08. The zero-order valence-electron chi connectivity index (χ0n) is 21.7. The number of benzene rings is 2. The molecule has 3 fully saturated rings.